The van der Waals surface area contributed by atoms with E-state index in [-0.39, 0.29) is 12.2 Å². The fourth-order valence-corrected chi connectivity index (χ4v) is 3.24. The third-order valence-electron chi connectivity index (χ3n) is 4.70. The van der Waals surface area contributed by atoms with Gasteiger partial charge in [-0.05, 0) is 31.1 Å². The molecule has 3 nitrogen and oxygen atoms in total. The largest absolute Gasteiger partial charge is 0.325 e. The molecule has 0 spiro atoms. The molecule has 1 aliphatic heterocycles. The molecule has 1 heterocycles. The van der Waals surface area contributed by atoms with Crippen LogP contribution in [0.3, 0.4) is 0 Å². The highest BCUT2D eigenvalue weighted by atomic mass is 16.2. The highest BCUT2D eigenvalue weighted by Gasteiger charge is 2.42. The molecule has 2 atom stereocenters. The topological polar surface area (TPSA) is 32.3 Å². The highest BCUT2D eigenvalue weighted by Crippen LogP contribution is 2.41. The lowest BCUT2D eigenvalue weighted by Gasteiger charge is -2.42. The van der Waals surface area contributed by atoms with Gasteiger partial charge in [0, 0.05) is 6.54 Å². The molecule has 1 saturated carbocycles. The minimum Gasteiger partial charge on any atom is -0.325 e. The van der Waals surface area contributed by atoms with Crippen LogP contribution in [0.1, 0.15) is 65.7 Å². The highest BCUT2D eigenvalue weighted by molar-refractivity contribution is 5.84. The van der Waals surface area contributed by atoms with E-state index in [0.717, 1.165) is 25.8 Å². The first kappa shape index (κ1) is 13.9. The van der Waals surface area contributed by atoms with Crippen molar-refractivity contribution >= 4 is 5.91 Å². The minimum atomic E-state index is 0.0820. The van der Waals surface area contributed by atoms with Crippen LogP contribution in [-0.4, -0.2) is 29.6 Å². The van der Waals surface area contributed by atoms with Gasteiger partial charge in [0.25, 0.3) is 0 Å². The van der Waals surface area contributed by atoms with Gasteiger partial charge in [-0.2, -0.15) is 0 Å². The van der Waals surface area contributed by atoms with Gasteiger partial charge in [-0.25, -0.2) is 0 Å². The predicted molar refractivity (Wildman–Crippen MR) is 74.2 cm³/mol. The molecule has 1 saturated heterocycles. The van der Waals surface area contributed by atoms with Crippen molar-refractivity contribution in [3.8, 4) is 0 Å². The lowest BCUT2D eigenvalue weighted by Crippen LogP contribution is -2.46. The summed E-state index contributed by atoms with van der Waals surface area (Å²) in [5, 5.41) is 3.52. The van der Waals surface area contributed by atoms with Crippen molar-refractivity contribution in [3.05, 3.63) is 0 Å². The van der Waals surface area contributed by atoms with Crippen LogP contribution in [0.15, 0.2) is 0 Å². The second-order valence-corrected chi connectivity index (χ2v) is 6.42. The van der Waals surface area contributed by atoms with Gasteiger partial charge in [0.2, 0.25) is 5.91 Å². The molecule has 0 aromatic heterocycles. The van der Waals surface area contributed by atoms with Crippen molar-refractivity contribution in [2.24, 2.45) is 5.41 Å². The smallest absolute Gasteiger partial charge is 0.241 e. The quantitative estimate of drug-likeness (QED) is 0.788. The molecule has 2 rings (SSSR count). The molecule has 0 aromatic carbocycles. The Hall–Kier alpha value is -0.570. The first-order valence-electron chi connectivity index (χ1n) is 7.66. The number of unbranched alkanes of at least 4 members (excludes halogenated alkanes) is 1. The summed E-state index contributed by atoms with van der Waals surface area (Å²) >= 11 is 0. The number of hydrogen-bond acceptors (Lipinski definition) is 2. The first-order valence-corrected chi connectivity index (χ1v) is 7.66. The van der Waals surface area contributed by atoms with E-state index in [4.69, 9.17) is 0 Å². The number of rotatable bonds is 6. The average molecular weight is 252 g/mol. The average Bonchev–Trinajstić information content (AvgIpc) is 2.62. The Bertz CT molecular complexity index is 299. The summed E-state index contributed by atoms with van der Waals surface area (Å²) in [7, 11) is 0. The minimum absolute atomic E-state index is 0.0820. The number of nitrogens with one attached hydrogen (secondary N) is 1. The van der Waals surface area contributed by atoms with Crippen molar-refractivity contribution in [3.63, 3.8) is 0 Å². The molecule has 104 valence electrons. The van der Waals surface area contributed by atoms with Crippen molar-refractivity contribution in [2.75, 3.05) is 6.54 Å². The van der Waals surface area contributed by atoms with Gasteiger partial charge >= 0.3 is 0 Å². The Labute approximate surface area is 111 Å². The normalized spacial score (nSPS) is 30.6. The molecule has 0 aromatic rings. The summed E-state index contributed by atoms with van der Waals surface area (Å²) < 4.78 is 0. The standard InChI is InChI=1S/C15H28N2O/c1-4-6-8-12-14(18)17(13(5-2)16-12)11-15(3)9-7-10-15/h12-13,16H,4-11H2,1-3H3. The number of hydrogen-bond donors (Lipinski definition) is 1. The number of amides is 1. The third kappa shape index (κ3) is 2.71. The molecule has 1 amide bonds. The maximum Gasteiger partial charge on any atom is 0.241 e. The lowest BCUT2D eigenvalue weighted by atomic mass is 9.70. The molecular formula is C15H28N2O. The van der Waals surface area contributed by atoms with Crippen LogP contribution in [0.4, 0.5) is 0 Å². The predicted octanol–water partition coefficient (Wildman–Crippen LogP) is 2.90. The van der Waals surface area contributed by atoms with Gasteiger partial charge in [0.15, 0.2) is 0 Å². The SMILES string of the molecule is CCCCC1NC(CC)N(CC2(C)CCC2)C1=O. The van der Waals surface area contributed by atoms with Crippen LogP contribution < -0.4 is 5.32 Å². The summed E-state index contributed by atoms with van der Waals surface area (Å²) in [6.07, 6.45) is 8.51. The molecule has 3 heteroatoms. The van der Waals surface area contributed by atoms with Gasteiger partial charge in [-0.15, -0.1) is 0 Å². The van der Waals surface area contributed by atoms with Crippen LogP contribution in [0.5, 0.6) is 0 Å². The number of carbonyl (C=O) groups excluding carboxylic acids is 1. The van der Waals surface area contributed by atoms with Crippen molar-refractivity contribution < 1.29 is 4.79 Å². The Morgan fingerprint density at radius 3 is 2.61 bits per heavy atom. The van der Waals surface area contributed by atoms with E-state index < -0.39 is 0 Å². The van der Waals surface area contributed by atoms with Crippen LogP contribution in [0.2, 0.25) is 0 Å². The molecule has 1 N–H and O–H groups in total. The van der Waals surface area contributed by atoms with Crippen LogP contribution in [-0.2, 0) is 4.79 Å². The Balaban J connectivity index is 1.96. The second-order valence-electron chi connectivity index (χ2n) is 6.42. The fraction of sp³-hybridized carbons (Fsp3) is 0.933. The van der Waals surface area contributed by atoms with Gasteiger partial charge in [-0.1, -0.05) is 40.0 Å². The molecule has 2 aliphatic rings. The van der Waals surface area contributed by atoms with Crippen LogP contribution >= 0.6 is 0 Å². The monoisotopic (exact) mass is 252 g/mol. The zero-order chi connectivity index (χ0) is 13.2. The summed E-state index contributed by atoms with van der Waals surface area (Å²) in [6.45, 7) is 7.64. The summed E-state index contributed by atoms with van der Waals surface area (Å²) in [4.78, 5) is 14.6. The Morgan fingerprint density at radius 2 is 2.11 bits per heavy atom. The molecule has 1 aliphatic carbocycles. The Morgan fingerprint density at radius 1 is 1.39 bits per heavy atom. The van der Waals surface area contributed by atoms with Crippen LogP contribution in [0.25, 0.3) is 0 Å². The Kier molecular flexibility index (Phi) is 4.31. The zero-order valence-corrected chi connectivity index (χ0v) is 12.2. The molecule has 2 unspecified atom stereocenters. The van der Waals surface area contributed by atoms with E-state index in [1.165, 1.54) is 25.7 Å². The van der Waals surface area contributed by atoms with E-state index >= 15 is 0 Å². The maximum atomic E-state index is 12.5. The van der Waals surface area contributed by atoms with E-state index in [1.807, 2.05) is 0 Å². The number of nitrogens with zero attached hydrogens (tertiary/aromatic N) is 1. The summed E-state index contributed by atoms with van der Waals surface area (Å²) in [5.41, 5.74) is 0.393. The van der Waals surface area contributed by atoms with E-state index in [0.29, 0.717) is 11.3 Å². The lowest BCUT2D eigenvalue weighted by molar-refractivity contribution is -0.132. The fourth-order valence-electron chi connectivity index (χ4n) is 3.24. The molecule has 18 heavy (non-hydrogen) atoms. The van der Waals surface area contributed by atoms with E-state index in [1.54, 1.807) is 0 Å². The van der Waals surface area contributed by atoms with Gasteiger partial charge in [-0.3, -0.25) is 10.1 Å². The summed E-state index contributed by atoms with van der Waals surface area (Å²) in [5.74, 6) is 0.350. The molecular weight excluding hydrogens is 224 g/mol. The van der Waals surface area contributed by atoms with Gasteiger partial charge in [0.05, 0.1) is 12.2 Å². The zero-order valence-electron chi connectivity index (χ0n) is 12.2. The van der Waals surface area contributed by atoms with E-state index in [9.17, 15) is 4.79 Å². The van der Waals surface area contributed by atoms with E-state index in [2.05, 4.69) is 31.0 Å². The van der Waals surface area contributed by atoms with Crippen molar-refractivity contribution in [2.45, 2.75) is 77.9 Å². The van der Waals surface area contributed by atoms with Crippen LogP contribution in [0, 0.1) is 5.41 Å². The maximum absolute atomic E-state index is 12.5. The third-order valence-corrected chi connectivity index (χ3v) is 4.70. The molecule has 2 fully saturated rings. The van der Waals surface area contributed by atoms with Crippen molar-refractivity contribution in [1.29, 1.82) is 0 Å². The molecule has 0 radical (unpaired) electrons. The molecule has 0 bridgehead atoms. The summed E-state index contributed by atoms with van der Waals surface area (Å²) in [6, 6.07) is 0.0820. The van der Waals surface area contributed by atoms with Gasteiger partial charge < -0.3 is 4.90 Å². The van der Waals surface area contributed by atoms with Gasteiger partial charge in [0.1, 0.15) is 0 Å². The number of carbonyl (C=O) groups is 1. The first-order chi connectivity index (χ1) is 8.59. The van der Waals surface area contributed by atoms with Crippen molar-refractivity contribution in [1.82, 2.24) is 10.2 Å². The second kappa shape index (κ2) is 5.60.